The Labute approximate surface area is 160 Å². The predicted molar refractivity (Wildman–Crippen MR) is 104 cm³/mol. The minimum Gasteiger partial charge on any atom is -0.353 e. The molecule has 1 saturated heterocycles. The molecule has 1 aliphatic rings. The van der Waals surface area contributed by atoms with Crippen molar-refractivity contribution in [3.05, 3.63) is 65.0 Å². The van der Waals surface area contributed by atoms with Gasteiger partial charge in [0.2, 0.25) is 11.8 Å². The number of hydrogen-bond acceptors (Lipinski definition) is 4. The maximum atomic E-state index is 12.5. The summed E-state index contributed by atoms with van der Waals surface area (Å²) >= 11 is 0. The van der Waals surface area contributed by atoms with Gasteiger partial charge in [0.1, 0.15) is 0 Å². The molecule has 1 atom stereocenters. The van der Waals surface area contributed by atoms with Crippen molar-refractivity contribution < 1.29 is 9.59 Å². The number of aromatic nitrogens is 1. The van der Waals surface area contributed by atoms with Crippen LogP contribution in [0.15, 0.2) is 42.7 Å². The van der Waals surface area contributed by atoms with Crippen LogP contribution in [-0.2, 0) is 22.7 Å². The van der Waals surface area contributed by atoms with Crippen LogP contribution in [0, 0.1) is 13.8 Å². The van der Waals surface area contributed by atoms with Gasteiger partial charge in [0.15, 0.2) is 0 Å². The molecule has 6 heteroatoms. The fraction of sp³-hybridized carbons (Fsp3) is 0.381. The van der Waals surface area contributed by atoms with Gasteiger partial charge in [-0.05, 0) is 42.2 Å². The molecule has 27 heavy (non-hydrogen) atoms. The van der Waals surface area contributed by atoms with Crippen molar-refractivity contribution in [1.29, 1.82) is 0 Å². The number of rotatable bonds is 6. The smallest absolute Gasteiger partial charge is 0.237 e. The van der Waals surface area contributed by atoms with Crippen molar-refractivity contribution in [2.24, 2.45) is 0 Å². The average Bonchev–Trinajstić information content (AvgIpc) is 2.66. The average molecular weight is 366 g/mol. The van der Waals surface area contributed by atoms with E-state index in [1.807, 2.05) is 29.2 Å². The molecule has 0 unspecified atom stereocenters. The van der Waals surface area contributed by atoms with E-state index < -0.39 is 6.04 Å². The van der Waals surface area contributed by atoms with Crippen molar-refractivity contribution >= 4 is 11.8 Å². The molecule has 0 saturated carbocycles. The van der Waals surface area contributed by atoms with Crippen LogP contribution in [0.4, 0.5) is 0 Å². The first kappa shape index (κ1) is 19.0. The molecular formula is C21H26N4O2. The van der Waals surface area contributed by atoms with E-state index >= 15 is 0 Å². The Kier molecular flexibility index (Phi) is 6.19. The molecule has 0 bridgehead atoms. The second-order valence-electron chi connectivity index (χ2n) is 6.98. The van der Waals surface area contributed by atoms with E-state index in [0.29, 0.717) is 19.6 Å². The van der Waals surface area contributed by atoms with Gasteiger partial charge in [-0.25, -0.2) is 0 Å². The first-order chi connectivity index (χ1) is 13.0. The fourth-order valence-electron chi connectivity index (χ4n) is 3.34. The highest BCUT2D eigenvalue weighted by Crippen LogP contribution is 2.15. The van der Waals surface area contributed by atoms with Crippen LogP contribution in [0.3, 0.4) is 0 Å². The minimum absolute atomic E-state index is 0.0907. The van der Waals surface area contributed by atoms with Gasteiger partial charge >= 0.3 is 0 Å². The number of benzene rings is 1. The Bertz CT molecular complexity index is 807. The van der Waals surface area contributed by atoms with E-state index in [4.69, 9.17) is 0 Å². The van der Waals surface area contributed by atoms with Crippen LogP contribution in [0.5, 0.6) is 0 Å². The van der Waals surface area contributed by atoms with Crippen LogP contribution < -0.4 is 10.6 Å². The van der Waals surface area contributed by atoms with E-state index in [2.05, 4.69) is 35.5 Å². The van der Waals surface area contributed by atoms with E-state index in [1.54, 1.807) is 12.4 Å². The van der Waals surface area contributed by atoms with Crippen LogP contribution in [0.2, 0.25) is 0 Å². The summed E-state index contributed by atoms with van der Waals surface area (Å²) in [4.78, 5) is 31.0. The lowest BCUT2D eigenvalue weighted by molar-refractivity contribution is -0.134. The summed E-state index contributed by atoms with van der Waals surface area (Å²) in [6.45, 7) is 6.51. The van der Waals surface area contributed by atoms with E-state index in [1.165, 1.54) is 11.1 Å². The highest BCUT2D eigenvalue weighted by atomic mass is 16.2. The SMILES string of the molecule is Cc1cccc(CNC(=O)C[C@@H]2C(=O)NCCN2Cc2cccnc2)c1C. The Hall–Kier alpha value is -2.73. The Morgan fingerprint density at radius 1 is 1.30 bits per heavy atom. The monoisotopic (exact) mass is 366 g/mol. The van der Waals surface area contributed by atoms with Gasteiger partial charge < -0.3 is 10.6 Å². The van der Waals surface area contributed by atoms with Crippen LogP contribution in [0.1, 0.15) is 28.7 Å². The molecule has 1 aromatic heterocycles. The lowest BCUT2D eigenvalue weighted by atomic mass is 10.0. The zero-order chi connectivity index (χ0) is 19.2. The summed E-state index contributed by atoms with van der Waals surface area (Å²) in [6.07, 6.45) is 3.67. The molecule has 2 aromatic rings. The largest absolute Gasteiger partial charge is 0.353 e. The molecule has 2 heterocycles. The minimum atomic E-state index is -0.461. The number of piperazine rings is 1. The number of amides is 2. The third-order valence-corrected chi connectivity index (χ3v) is 5.12. The summed E-state index contributed by atoms with van der Waals surface area (Å²) in [5.41, 5.74) is 4.53. The zero-order valence-electron chi connectivity index (χ0n) is 15.9. The standard InChI is InChI=1S/C21H26N4O2/c1-15-5-3-7-18(16(15)2)13-24-20(26)11-19-21(27)23-9-10-25(19)14-17-6-4-8-22-12-17/h3-8,12,19H,9-11,13-14H2,1-2H3,(H,23,27)(H,24,26)/t19-/m1/s1. The number of carbonyl (C=O) groups is 2. The molecule has 142 valence electrons. The second kappa shape index (κ2) is 8.77. The maximum absolute atomic E-state index is 12.5. The highest BCUT2D eigenvalue weighted by Gasteiger charge is 2.31. The lowest BCUT2D eigenvalue weighted by Gasteiger charge is -2.34. The molecule has 3 rings (SSSR count). The van der Waals surface area contributed by atoms with Crippen molar-refractivity contribution in [3.8, 4) is 0 Å². The highest BCUT2D eigenvalue weighted by molar-refractivity contribution is 5.88. The Morgan fingerprint density at radius 3 is 2.93 bits per heavy atom. The third kappa shape index (κ3) is 4.92. The molecule has 0 spiro atoms. The van der Waals surface area contributed by atoms with Gasteiger partial charge in [-0.2, -0.15) is 0 Å². The van der Waals surface area contributed by atoms with Crippen molar-refractivity contribution in [2.75, 3.05) is 13.1 Å². The van der Waals surface area contributed by atoms with E-state index in [9.17, 15) is 9.59 Å². The number of aryl methyl sites for hydroxylation is 1. The molecule has 2 N–H and O–H groups in total. The molecule has 1 fully saturated rings. The molecular weight excluding hydrogens is 340 g/mol. The summed E-state index contributed by atoms with van der Waals surface area (Å²) in [7, 11) is 0. The fourth-order valence-corrected chi connectivity index (χ4v) is 3.34. The first-order valence-electron chi connectivity index (χ1n) is 9.27. The van der Waals surface area contributed by atoms with Gasteiger partial charge in [0.05, 0.1) is 12.5 Å². The predicted octanol–water partition coefficient (Wildman–Crippen LogP) is 1.71. The number of carbonyl (C=O) groups excluding carboxylic acids is 2. The quantitative estimate of drug-likeness (QED) is 0.816. The van der Waals surface area contributed by atoms with Crippen molar-refractivity contribution in [3.63, 3.8) is 0 Å². The lowest BCUT2D eigenvalue weighted by Crippen LogP contribution is -2.56. The van der Waals surface area contributed by atoms with Gasteiger partial charge in [-0.15, -0.1) is 0 Å². The molecule has 1 aromatic carbocycles. The first-order valence-corrected chi connectivity index (χ1v) is 9.27. The molecule has 0 aliphatic carbocycles. The Morgan fingerprint density at radius 2 is 2.15 bits per heavy atom. The maximum Gasteiger partial charge on any atom is 0.237 e. The van der Waals surface area contributed by atoms with Gasteiger partial charge in [-0.1, -0.05) is 24.3 Å². The van der Waals surface area contributed by atoms with Crippen LogP contribution in [0.25, 0.3) is 0 Å². The van der Waals surface area contributed by atoms with Gasteiger partial charge in [-0.3, -0.25) is 19.5 Å². The third-order valence-electron chi connectivity index (χ3n) is 5.12. The summed E-state index contributed by atoms with van der Waals surface area (Å²) in [5.74, 6) is -0.207. The molecule has 1 aliphatic heterocycles. The number of hydrogen-bond donors (Lipinski definition) is 2. The van der Waals surface area contributed by atoms with Crippen LogP contribution in [-0.4, -0.2) is 40.8 Å². The Balaban J connectivity index is 1.61. The topological polar surface area (TPSA) is 74.3 Å². The van der Waals surface area contributed by atoms with Crippen molar-refractivity contribution in [2.45, 2.75) is 39.4 Å². The summed E-state index contributed by atoms with van der Waals surface area (Å²) in [5, 5.41) is 5.83. The zero-order valence-corrected chi connectivity index (χ0v) is 15.9. The summed E-state index contributed by atoms with van der Waals surface area (Å²) in [6, 6.07) is 9.47. The number of pyridine rings is 1. The normalized spacial score (nSPS) is 17.4. The molecule has 0 radical (unpaired) electrons. The van der Waals surface area contributed by atoms with E-state index in [-0.39, 0.29) is 18.2 Å². The van der Waals surface area contributed by atoms with Crippen molar-refractivity contribution in [1.82, 2.24) is 20.5 Å². The van der Waals surface area contributed by atoms with Gasteiger partial charge in [0.25, 0.3) is 0 Å². The van der Waals surface area contributed by atoms with E-state index in [0.717, 1.165) is 17.7 Å². The number of nitrogens with zero attached hydrogens (tertiary/aromatic N) is 2. The molecule has 6 nitrogen and oxygen atoms in total. The van der Waals surface area contributed by atoms with Crippen LogP contribution >= 0.6 is 0 Å². The second-order valence-corrected chi connectivity index (χ2v) is 6.98. The number of nitrogens with one attached hydrogen (secondary N) is 2. The van der Waals surface area contributed by atoms with Gasteiger partial charge in [0, 0.05) is 38.6 Å². The molecule has 2 amide bonds. The summed E-state index contributed by atoms with van der Waals surface area (Å²) < 4.78 is 0.